The van der Waals surface area contributed by atoms with E-state index in [4.69, 9.17) is 17.3 Å². The molecule has 0 aromatic heterocycles. The highest BCUT2D eigenvalue weighted by Gasteiger charge is 2.29. The lowest BCUT2D eigenvalue weighted by Crippen LogP contribution is -2.49. The molecule has 0 saturated heterocycles. The summed E-state index contributed by atoms with van der Waals surface area (Å²) in [6.07, 6.45) is 5.82. The van der Waals surface area contributed by atoms with E-state index in [9.17, 15) is 12.8 Å². The van der Waals surface area contributed by atoms with E-state index in [-0.39, 0.29) is 28.9 Å². The maximum Gasteiger partial charge on any atom is 0.242 e. The summed E-state index contributed by atoms with van der Waals surface area (Å²) in [5, 5.41) is -0.00385. The molecule has 0 bridgehead atoms. The minimum atomic E-state index is -3.86. The van der Waals surface area contributed by atoms with Crippen molar-refractivity contribution in [3.05, 3.63) is 29.0 Å². The predicted molar refractivity (Wildman–Crippen MR) is 88.5 cm³/mol. The lowest BCUT2D eigenvalue weighted by Gasteiger charge is -2.28. The molecule has 1 aliphatic rings. The van der Waals surface area contributed by atoms with E-state index in [1.807, 2.05) is 0 Å². The van der Waals surface area contributed by atoms with Crippen LogP contribution in [0.4, 0.5) is 4.39 Å². The third kappa shape index (κ3) is 5.06. The Hall–Kier alpha value is -0.400. The molecule has 22 heavy (non-hydrogen) atoms. The molecule has 1 aromatic carbocycles. The van der Waals surface area contributed by atoms with Crippen LogP contribution in [0, 0.1) is 5.82 Å². The highest BCUT2D eigenvalue weighted by molar-refractivity contribution is 7.89. The molecule has 1 saturated carbocycles. The zero-order valence-corrected chi connectivity index (χ0v) is 14.5. The van der Waals surface area contributed by atoms with Crippen LogP contribution in [0.5, 0.6) is 0 Å². The van der Waals surface area contributed by atoms with Crippen molar-refractivity contribution in [2.45, 2.75) is 49.0 Å². The van der Waals surface area contributed by atoms with Gasteiger partial charge in [0.2, 0.25) is 10.0 Å². The number of hydrogen-bond acceptors (Lipinski definition) is 3. The molecule has 1 aliphatic carbocycles. The molecule has 0 radical (unpaired) electrons. The Bertz CT molecular complexity index is 603. The number of halogens is 3. The fraction of sp³-hybridized carbons (Fsp3) is 0.571. The molecule has 2 rings (SSSR count). The highest BCUT2D eigenvalue weighted by Crippen LogP contribution is 2.26. The van der Waals surface area contributed by atoms with Crippen molar-refractivity contribution >= 4 is 34.0 Å². The average Bonchev–Trinajstić information content (AvgIpc) is 2.65. The molecular weight excluding hydrogens is 350 g/mol. The summed E-state index contributed by atoms with van der Waals surface area (Å²) in [4.78, 5) is -0.249. The summed E-state index contributed by atoms with van der Waals surface area (Å²) < 4.78 is 40.2. The molecule has 0 heterocycles. The summed E-state index contributed by atoms with van der Waals surface area (Å²) in [6.45, 7) is 0.141. The number of rotatable bonds is 4. The standard InChI is InChI=1S/C14H20ClFN2O2S.ClH/c15-12-6-5-11(16)9-13(12)21(19,20)18-10-14(17)7-3-1-2-4-8-14;/h5-6,9,18H,1-4,7-8,10,17H2;1H. The van der Waals surface area contributed by atoms with Crippen molar-refractivity contribution in [2.75, 3.05) is 6.54 Å². The Balaban J connectivity index is 0.00000242. The van der Waals surface area contributed by atoms with Crippen LogP contribution in [0.3, 0.4) is 0 Å². The molecule has 8 heteroatoms. The third-order valence-corrected chi connectivity index (χ3v) is 5.78. The van der Waals surface area contributed by atoms with Crippen molar-refractivity contribution in [3.63, 3.8) is 0 Å². The van der Waals surface area contributed by atoms with Gasteiger partial charge in [0.05, 0.1) is 5.02 Å². The summed E-state index contributed by atoms with van der Waals surface area (Å²) >= 11 is 5.85. The molecule has 3 N–H and O–H groups in total. The Morgan fingerprint density at radius 3 is 2.41 bits per heavy atom. The fourth-order valence-corrected chi connectivity index (χ4v) is 4.26. The van der Waals surface area contributed by atoms with Crippen molar-refractivity contribution in [3.8, 4) is 0 Å². The van der Waals surface area contributed by atoms with Crippen LogP contribution in [0.25, 0.3) is 0 Å². The largest absolute Gasteiger partial charge is 0.324 e. The van der Waals surface area contributed by atoms with Gasteiger partial charge in [-0.3, -0.25) is 0 Å². The van der Waals surface area contributed by atoms with Crippen LogP contribution in [0.2, 0.25) is 5.02 Å². The van der Waals surface area contributed by atoms with Crippen LogP contribution in [-0.4, -0.2) is 20.5 Å². The van der Waals surface area contributed by atoms with Crippen LogP contribution in [-0.2, 0) is 10.0 Å². The van der Waals surface area contributed by atoms with E-state index >= 15 is 0 Å². The lowest BCUT2D eigenvalue weighted by atomic mass is 9.92. The van der Waals surface area contributed by atoms with Crippen molar-refractivity contribution in [1.29, 1.82) is 0 Å². The number of nitrogens with two attached hydrogens (primary N) is 1. The van der Waals surface area contributed by atoms with E-state index in [0.717, 1.165) is 50.7 Å². The Morgan fingerprint density at radius 2 is 1.82 bits per heavy atom. The number of sulfonamides is 1. The molecule has 0 unspecified atom stereocenters. The van der Waals surface area contributed by atoms with Gasteiger partial charge in [-0.2, -0.15) is 0 Å². The van der Waals surface area contributed by atoms with Gasteiger partial charge in [-0.05, 0) is 31.0 Å². The van der Waals surface area contributed by atoms with Gasteiger partial charge < -0.3 is 5.73 Å². The van der Waals surface area contributed by atoms with Gasteiger partial charge in [-0.1, -0.05) is 37.3 Å². The maximum atomic E-state index is 13.2. The Kier molecular flexibility index (Phi) is 7.08. The van der Waals surface area contributed by atoms with Crippen molar-refractivity contribution in [2.24, 2.45) is 5.73 Å². The van der Waals surface area contributed by atoms with Gasteiger partial charge in [-0.25, -0.2) is 17.5 Å². The van der Waals surface area contributed by atoms with Crippen molar-refractivity contribution < 1.29 is 12.8 Å². The minimum Gasteiger partial charge on any atom is -0.324 e. The lowest BCUT2D eigenvalue weighted by molar-refractivity contribution is 0.369. The summed E-state index contributed by atoms with van der Waals surface area (Å²) in [5.74, 6) is -0.642. The molecular formula is C14H21Cl2FN2O2S. The second-order valence-corrected chi connectivity index (χ2v) is 7.82. The van der Waals surface area contributed by atoms with E-state index in [0.29, 0.717) is 0 Å². The smallest absolute Gasteiger partial charge is 0.242 e. The first-order chi connectivity index (χ1) is 9.82. The summed E-state index contributed by atoms with van der Waals surface area (Å²) in [7, 11) is -3.86. The fourth-order valence-electron chi connectivity index (χ4n) is 2.61. The summed E-state index contributed by atoms with van der Waals surface area (Å²) in [5.41, 5.74) is 5.74. The molecule has 126 valence electrons. The average molecular weight is 371 g/mol. The quantitative estimate of drug-likeness (QED) is 0.799. The zero-order chi connectivity index (χ0) is 15.5. The number of hydrogen-bond donors (Lipinski definition) is 2. The first kappa shape index (κ1) is 19.6. The minimum absolute atomic E-state index is 0. The Morgan fingerprint density at radius 1 is 1.23 bits per heavy atom. The maximum absolute atomic E-state index is 13.2. The van der Waals surface area contributed by atoms with Gasteiger partial charge in [0.1, 0.15) is 10.7 Å². The molecule has 0 aliphatic heterocycles. The molecule has 0 atom stereocenters. The normalized spacial score (nSPS) is 18.3. The Labute approximate surface area is 142 Å². The second kappa shape index (κ2) is 7.93. The number of benzene rings is 1. The topological polar surface area (TPSA) is 72.2 Å². The zero-order valence-electron chi connectivity index (χ0n) is 12.1. The van der Waals surface area contributed by atoms with E-state index < -0.39 is 21.4 Å². The molecule has 1 aromatic rings. The van der Waals surface area contributed by atoms with Gasteiger partial charge in [0.15, 0.2) is 0 Å². The van der Waals surface area contributed by atoms with Crippen LogP contribution >= 0.6 is 24.0 Å². The van der Waals surface area contributed by atoms with Gasteiger partial charge in [0, 0.05) is 12.1 Å². The second-order valence-electron chi connectivity index (χ2n) is 5.68. The van der Waals surface area contributed by atoms with Crippen LogP contribution in [0.15, 0.2) is 23.1 Å². The highest BCUT2D eigenvalue weighted by atomic mass is 35.5. The number of nitrogens with one attached hydrogen (secondary N) is 1. The van der Waals surface area contributed by atoms with Crippen LogP contribution in [0.1, 0.15) is 38.5 Å². The first-order valence-electron chi connectivity index (χ1n) is 7.06. The molecule has 4 nitrogen and oxygen atoms in total. The van der Waals surface area contributed by atoms with Crippen LogP contribution < -0.4 is 10.5 Å². The van der Waals surface area contributed by atoms with Crippen molar-refractivity contribution in [1.82, 2.24) is 4.72 Å². The molecule has 0 amide bonds. The third-order valence-electron chi connectivity index (χ3n) is 3.90. The van der Waals surface area contributed by atoms with E-state index in [1.54, 1.807) is 0 Å². The molecule has 1 fully saturated rings. The van der Waals surface area contributed by atoms with Gasteiger partial charge >= 0.3 is 0 Å². The SMILES string of the molecule is Cl.NC1(CNS(=O)(=O)c2cc(F)ccc2Cl)CCCCCC1. The predicted octanol–water partition coefficient (Wildman–Crippen LogP) is 3.23. The monoisotopic (exact) mass is 370 g/mol. The van der Waals surface area contributed by atoms with E-state index in [1.165, 1.54) is 6.07 Å². The first-order valence-corrected chi connectivity index (χ1v) is 8.92. The molecule has 0 spiro atoms. The van der Waals surface area contributed by atoms with Gasteiger partial charge in [-0.15, -0.1) is 12.4 Å². The van der Waals surface area contributed by atoms with E-state index in [2.05, 4.69) is 4.72 Å². The van der Waals surface area contributed by atoms with Gasteiger partial charge in [0.25, 0.3) is 0 Å². The summed E-state index contributed by atoms with van der Waals surface area (Å²) in [6, 6.07) is 3.27.